The quantitative estimate of drug-likeness (QED) is 0.749. The van der Waals surface area contributed by atoms with Crippen LogP contribution in [0, 0.1) is 0 Å². The Morgan fingerprint density at radius 1 is 1.10 bits per heavy atom. The SMILES string of the molecule is CNc1cc(N2CCN(C)C[C@@H]2COCc2ccccc2)ccc1OC(F)(F)F. The largest absolute Gasteiger partial charge is 0.573 e. The van der Waals surface area contributed by atoms with Crippen molar-refractivity contribution < 1.29 is 22.6 Å². The molecule has 1 heterocycles. The zero-order chi connectivity index (χ0) is 20.9. The fourth-order valence-electron chi connectivity index (χ4n) is 3.49. The zero-order valence-corrected chi connectivity index (χ0v) is 16.6. The van der Waals surface area contributed by atoms with Crippen LogP contribution in [0.5, 0.6) is 5.75 Å². The lowest BCUT2D eigenvalue weighted by molar-refractivity contribution is -0.274. The summed E-state index contributed by atoms with van der Waals surface area (Å²) in [4.78, 5) is 4.41. The summed E-state index contributed by atoms with van der Waals surface area (Å²) in [5, 5.41) is 2.79. The van der Waals surface area contributed by atoms with Crippen molar-refractivity contribution in [2.24, 2.45) is 0 Å². The highest BCUT2D eigenvalue weighted by molar-refractivity contribution is 5.66. The van der Waals surface area contributed by atoms with Crippen molar-refractivity contribution in [3.8, 4) is 5.75 Å². The molecule has 1 aliphatic heterocycles. The Kier molecular flexibility index (Phi) is 6.87. The van der Waals surface area contributed by atoms with Crippen molar-refractivity contribution >= 4 is 11.4 Å². The third-order valence-electron chi connectivity index (χ3n) is 4.90. The Morgan fingerprint density at radius 3 is 2.55 bits per heavy atom. The van der Waals surface area contributed by atoms with Crippen molar-refractivity contribution in [1.29, 1.82) is 0 Å². The number of alkyl halides is 3. The number of hydrogen-bond acceptors (Lipinski definition) is 5. The molecule has 2 aromatic rings. The zero-order valence-electron chi connectivity index (χ0n) is 16.6. The maximum atomic E-state index is 12.6. The molecule has 29 heavy (non-hydrogen) atoms. The number of piperazine rings is 1. The number of nitrogens with zero attached hydrogens (tertiary/aromatic N) is 2. The van der Waals surface area contributed by atoms with E-state index in [-0.39, 0.29) is 11.8 Å². The normalized spacial score (nSPS) is 18.0. The lowest BCUT2D eigenvalue weighted by Gasteiger charge is -2.41. The van der Waals surface area contributed by atoms with Gasteiger partial charge in [0.1, 0.15) is 0 Å². The average molecular weight is 409 g/mol. The number of anilines is 2. The molecule has 1 N–H and O–H groups in total. The summed E-state index contributed by atoms with van der Waals surface area (Å²) in [5.74, 6) is -0.241. The van der Waals surface area contributed by atoms with E-state index in [9.17, 15) is 13.2 Å². The van der Waals surface area contributed by atoms with E-state index in [1.807, 2.05) is 30.3 Å². The van der Waals surface area contributed by atoms with Crippen LogP contribution < -0.4 is 15.0 Å². The van der Waals surface area contributed by atoms with Gasteiger partial charge in [-0.25, -0.2) is 0 Å². The molecule has 0 radical (unpaired) electrons. The smallest absolute Gasteiger partial charge is 0.404 e. The summed E-state index contributed by atoms with van der Waals surface area (Å²) in [6.45, 7) is 3.48. The molecule has 3 rings (SSSR count). The molecule has 0 aromatic heterocycles. The van der Waals surface area contributed by atoms with E-state index in [1.54, 1.807) is 19.2 Å². The molecule has 0 spiro atoms. The van der Waals surface area contributed by atoms with Gasteiger partial charge in [0.2, 0.25) is 0 Å². The molecule has 5 nitrogen and oxygen atoms in total. The maximum absolute atomic E-state index is 12.6. The summed E-state index contributed by atoms with van der Waals surface area (Å²) >= 11 is 0. The molecule has 0 bridgehead atoms. The van der Waals surface area contributed by atoms with E-state index in [0.717, 1.165) is 30.9 Å². The predicted octanol–water partition coefficient (Wildman–Crippen LogP) is 3.96. The first-order chi connectivity index (χ1) is 13.9. The first-order valence-electron chi connectivity index (χ1n) is 9.50. The molecule has 0 aliphatic carbocycles. The third kappa shape index (κ3) is 6.01. The summed E-state index contributed by atoms with van der Waals surface area (Å²) in [6, 6.07) is 14.8. The van der Waals surface area contributed by atoms with Gasteiger partial charge in [-0.1, -0.05) is 30.3 Å². The van der Waals surface area contributed by atoms with Gasteiger partial charge in [0.05, 0.1) is 24.9 Å². The van der Waals surface area contributed by atoms with Crippen LogP contribution in [0.1, 0.15) is 5.56 Å². The second-order valence-corrected chi connectivity index (χ2v) is 7.09. The van der Waals surface area contributed by atoms with Crippen LogP contribution in [0.4, 0.5) is 24.5 Å². The molecule has 1 saturated heterocycles. The van der Waals surface area contributed by atoms with Crippen LogP contribution in [0.3, 0.4) is 0 Å². The van der Waals surface area contributed by atoms with Gasteiger partial charge in [0.15, 0.2) is 5.75 Å². The number of rotatable bonds is 7. The van der Waals surface area contributed by atoms with Crippen molar-refractivity contribution in [3.05, 3.63) is 54.1 Å². The average Bonchev–Trinajstić information content (AvgIpc) is 2.68. The maximum Gasteiger partial charge on any atom is 0.573 e. The van der Waals surface area contributed by atoms with E-state index >= 15 is 0 Å². The van der Waals surface area contributed by atoms with Gasteiger partial charge < -0.3 is 24.6 Å². The summed E-state index contributed by atoms with van der Waals surface area (Å²) < 4.78 is 47.9. The Labute approximate surface area is 169 Å². The van der Waals surface area contributed by atoms with Gasteiger partial charge in [-0.15, -0.1) is 13.2 Å². The molecule has 1 atom stereocenters. The lowest BCUT2D eigenvalue weighted by Crippen LogP contribution is -2.54. The Hall–Kier alpha value is -2.45. The van der Waals surface area contributed by atoms with Crippen LogP contribution in [0.2, 0.25) is 0 Å². The molecule has 0 unspecified atom stereocenters. The van der Waals surface area contributed by atoms with Crippen molar-refractivity contribution in [2.45, 2.75) is 19.0 Å². The Balaban J connectivity index is 1.72. The Bertz CT molecular complexity index is 786. The highest BCUT2D eigenvalue weighted by Gasteiger charge is 2.33. The first-order valence-corrected chi connectivity index (χ1v) is 9.50. The minimum atomic E-state index is -4.73. The fourth-order valence-corrected chi connectivity index (χ4v) is 3.49. The third-order valence-corrected chi connectivity index (χ3v) is 4.90. The van der Waals surface area contributed by atoms with E-state index in [4.69, 9.17) is 4.74 Å². The van der Waals surface area contributed by atoms with E-state index in [0.29, 0.717) is 18.9 Å². The number of nitrogens with one attached hydrogen (secondary N) is 1. The van der Waals surface area contributed by atoms with Gasteiger partial charge >= 0.3 is 6.36 Å². The minimum Gasteiger partial charge on any atom is -0.404 e. The second kappa shape index (κ2) is 9.37. The van der Waals surface area contributed by atoms with Gasteiger partial charge in [0.25, 0.3) is 0 Å². The van der Waals surface area contributed by atoms with Crippen LogP contribution >= 0.6 is 0 Å². The van der Waals surface area contributed by atoms with Crippen LogP contribution in [0.15, 0.2) is 48.5 Å². The lowest BCUT2D eigenvalue weighted by atomic mass is 10.1. The summed E-state index contributed by atoms with van der Waals surface area (Å²) in [5.41, 5.74) is 2.24. The molecule has 0 saturated carbocycles. The molecule has 2 aromatic carbocycles. The number of likely N-dealkylation sites (N-methyl/N-ethyl adjacent to an activating group) is 1. The first kappa shape index (κ1) is 21.3. The second-order valence-electron chi connectivity index (χ2n) is 7.09. The van der Waals surface area contributed by atoms with E-state index in [1.165, 1.54) is 6.07 Å². The standard InChI is InChI=1S/C21H26F3N3O2/c1-25-19-12-17(8-9-20(19)29-21(22,23)24)27-11-10-26(2)13-18(27)15-28-14-16-6-4-3-5-7-16/h3-9,12,18,25H,10-11,13-15H2,1-2H3/t18-/m1/s1. The van der Waals surface area contributed by atoms with Crippen molar-refractivity contribution in [2.75, 3.05) is 50.6 Å². The van der Waals surface area contributed by atoms with Gasteiger partial charge in [0, 0.05) is 32.4 Å². The number of ether oxygens (including phenoxy) is 2. The number of benzene rings is 2. The van der Waals surface area contributed by atoms with Crippen LogP contribution in [-0.4, -0.2) is 57.6 Å². The van der Waals surface area contributed by atoms with Crippen molar-refractivity contribution in [3.63, 3.8) is 0 Å². The number of hydrogen-bond donors (Lipinski definition) is 1. The van der Waals surface area contributed by atoms with Crippen LogP contribution in [0.25, 0.3) is 0 Å². The topological polar surface area (TPSA) is 37.0 Å². The monoisotopic (exact) mass is 409 g/mol. The molecule has 158 valence electrons. The Morgan fingerprint density at radius 2 is 1.86 bits per heavy atom. The van der Waals surface area contributed by atoms with Gasteiger partial charge in [-0.3, -0.25) is 0 Å². The molecular formula is C21H26F3N3O2. The summed E-state index contributed by atoms with van der Waals surface area (Å²) in [7, 11) is 3.63. The molecule has 1 aliphatic rings. The van der Waals surface area contributed by atoms with Gasteiger partial charge in [-0.05, 0) is 30.8 Å². The van der Waals surface area contributed by atoms with Crippen molar-refractivity contribution in [1.82, 2.24) is 4.90 Å². The summed E-state index contributed by atoms with van der Waals surface area (Å²) in [6.07, 6.45) is -4.73. The van der Waals surface area contributed by atoms with E-state index < -0.39 is 6.36 Å². The fraction of sp³-hybridized carbons (Fsp3) is 0.429. The molecular weight excluding hydrogens is 383 g/mol. The highest BCUT2D eigenvalue weighted by Crippen LogP contribution is 2.34. The molecule has 8 heteroatoms. The predicted molar refractivity (Wildman–Crippen MR) is 107 cm³/mol. The molecule has 1 fully saturated rings. The van der Waals surface area contributed by atoms with Gasteiger partial charge in [-0.2, -0.15) is 0 Å². The minimum absolute atomic E-state index is 0.0940. The number of halogens is 3. The highest BCUT2D eigenvalue weighted by atomic mass is 19.4. The molecule has 0 amide bonds. The van der Waals surface area contributed by atoms with E-state index in [2.05, 4.69) is 26.9 Å². The van der Waals surface area contributed by atoms with Crippen LogP contribution in [-0.2, 0) is 11.3 Å².